The van der Waals surface area contributed by atoms with Gasteiger partial charge in [0.1, 0.15) is 0 Å². The van der Waals surface area contributed by atoms with Crippen LogP contribution in [0.1, 0.15) is 0 Å². The van der Waals surface area contributed by atoms with Crippen molar-refractivity contribution >= 4 is 10.4 Å². The van der Waals surface area contributed by atoms with Gasteiger partial charge in [-0.2, -0.15) is 0 Å². The molecule has 0 N–H and O–H groups in total. The minimum atomic E-state index is -5.17. The zero-order valence-electron chi connectivity index (χ0n) is 5.75. The first-order valence-corrected chi connectivity index (χ1v) is 3.85. The lowest BCUT2D eigenvalue weighted by molar-refractivity contribution is -0.00000962. The first kappa shape index (κ1) is 14.0. The number of hydrogen-bond acceptors (Lipinski definition) is 5. The molecule has 0 atom stereocenters. The maximum Gasteiger partial charge on any atom is 2.00 e. The second kappa shape index (κ2) is 7.17. The van der Waals surface area contributed by atoms with Crippen molar-refractivity contribution in [2.75, 3.05) is 0 Å². The van der Waals surface area contributed by atoms with Crippen molar-refractivity contribution in [3.63, 3.8) is 0 Å². The van der Waals surface area contributed by atoms with Crippen molar-refractivity contribution < 1.29 is 34.5 Å². The van der Waals surface area contributed by atoms with Gasteiger partial charge in [0.25, 0.3) is 0 Å². The van der Waals surface area contributed by atoms with E-state index in [4.69, 9.17) is 17.5 Å². The van der Waals surface area contributed by atoms with Crippen molar-refractivity contribution in [3.05, 3.63) is 30.6 Å². The van der Waals surface area contributed by atoms with Gasteiger partial charge < -0.3 is 9.11 Å². The summed E-state index contributed by atoms with van der Waals surface area (Å²) in [6.07, 6.45) is 3.50. The van der Waals surface area contributed by atoms with E-state index in [1.807, 2.05) is 18.2 Å². The van der Waals surface area contributed by atoms with Crippen molar-refractivity contribution in [3.8, 4) is 0 Å². The number of hydrogen-bond donors (Lipinski definition) is 0. The Bertz CT molecular complexity index is 240. The normalized spacial score (nSPS) is 8.83. The summed E-state index contributed by atoms with van der Waals surface area (Å²) in [6, 6.07) is 5.72. The number of rotatable bonds is 0. The first-order valence-electron chi connectivity index (χ1n) is 2.52. The Balaban J connectivity index is 0. The third-order valence-corrected chi connectivity index (χ3v) is 0.566. The minimum absolute atomic E-state index is 0. The Hall–Kier alpha value is -0.500. The van der Waals surface area contributed by atoms with Crippen LogP contribution in [0.3, 0.4) is 0 Å². The lowest BCUT2D eigenvalue weighted by atomic mass is 10.5. The molecule has 1 aromatic rings. The van der Waals surface area contributed by atoms with Crippen molar-refractivity contribution in [2.45, 2.75) is 0 Å². The number of halogens is 1. The zero-order chi connectivity index (χ0) is 8.74. The van der Waals surface area contributed by atoms with Gasteiger partial charge in [-0.1, -0.05) is 6.07 Å². The average Bonchev–Trinajstić information content (AvgIpc) is 1.88. The molecule has 12 heavy (non-hydrogen) atoms. The molecule has 0 aliphatic heterocycles. The van der Waals surface area contributed by atoms with Gasteiger partial charge >= 0.3 is 17.0 Å². The molecule has 0 amide bonds. The van der Waals surface area contributed by atoms with Gasteiger partial charge in [-0.25, -0.2) is 0 Å². The molecular formula is C5H5BrNO4S. The Kier molecular flexibility index (Phi) is 8.39. The van der Waals surface area contributed by atoms with Gasteiger partial charge in [0.05, 0.1) is 0 Å². The van der Waals surface area contributed by atoms with Crippen LogP contribution < -0.4 is 0 Å². The van der Waals surface area contributed by atoms with Crippen LogP contribution >= 0.6 is 0 Å². The predicted octanol–water partition coefficient (Wildman–Crippen LogP) is -0.256. The maximum absolute atomic E-state index is 8.52. The molecule has 0 aromatic carbocycles. The summed E-state index contributed by atoms with van der Waals surface area (Å²) in [5.74, 6) is 0. The van der Waals surface area contributed by atoms with Crippen LogP contribution in [-0.2, 0) is 10.4 Å². The predicted molar refractivity (Wildman–Crippen MR) is 34.7 cm³/mol. The summed E-state index contributed by atoms with van der Waals surface area (Å²) >= 11 is 0. The molecule has 67 valence electrons. The van der Waals surface area contributed by atoms with E-state index in [0.29, 0.717) is 0 Å². The molecule has 0 unspecified atom stereocenters. The Labute approximate surface area is 80.8 Å². The van der Waals surface area contributed by atoms with E-state index >= 15 is 0 Å². The van der Waals surface area contributed by atoms with E-state index in [2.05, 4.69) is 4.98 Å². The van der Waals surface area contributed by atoms with E-state index in [1.165, 1.54) is 0 Å². The fourth-order valence-electron chi connectivity index (χ4n) is 0.313. The van der Waals surface area contributed by atoms with Crippen LogP contribution in [0.5, 0.6) is 0 Å². The third-order valence-electron chi connectivity index (χ3n) is 0.566. The van der Waals surface area contributed by atoms with Crippen LogP contribution in [0.4, 0.5) is 0 Å². The zero-order valence-corrected chi connectivity index (χ0v) is 8.16. The maximum atomic E-state index is 8.52. The van der Waals surface area contributed by atoms with Crippen LogP contribution in [0.2, 0.25) is 0 Å². The van der Waals surface area contributed by atoms with Gasteiger partial charge in [-0.15, -0.1) is 0 Å². The molecule has 1 heterocycles. The van der Waals surface area contributed by atoms with Crippen molar-refractivity contribution in [1.29, 1.82) is 0 Å². The SMILES string of the molecule is O=S(=O)([O-])[O-].[Br+2].c1ccncc1. The highest BCUT2D eigenvalue weighted by Crippen LogP contribution is 1.73. The molecule has 1 aromatic heterocycles. The molecule has 7 heteroatoms. The summed E-state index contributed by atoms with van der Waals surface area (Å²) in [7, 11) is -5.17. The van der Waals surface area contributed by atoms with Crippen LogP contribution in [0.25, 0.3) is 0 Å². The largest absolute Gasteiger partial charge is 2.00 e. The highest BCUT2D eigenvalue weighted by atomic mass is 79.9. The topological polar surface area (TPSA) is 93.2 Å². The summed E-state index contributed by atoms with van der Waals surface area (Å²) in [6.45, 7) is 0. The van der Waals surface area contributed by atoms with Gasteiger partial charge in [0.2, 0.25) is 0 Å². The van der Waals surface area contributed by atoms with E-state index in [1.54, 1.807) is 12.4 Å². The third kappa shape index (κ3) is 22.7. The Morgan fingerprint density at radius 2 is 1.33 bits per heavy atom. The van der Waals surface area contributed by atoms with E-state index in [0.717, 1.165) is 0 Å². The van der Waals surface area contributed by atoms with E-state index < -0.39 is 10.4 Å². The summed E-state index contributed by atoms with van der Waals surface area (Å²) in [5, 5.41) is 0. The van der Waals surface area contributed by atoms with Crippen LogP contribution in [-0.4, -0.2) is 22.5 Å². The molecule has 0 saturated carbocycles. The van der Waals surface area contributed by atoms with Crippen LogP contribution in [0, 0.1) is 17.0 Å². The molecule has 0 aliphatic carbocycles. The molecule has 1 rings (SSSR count). The Morgan fingerprint density at radius 3 is 1.42 bits per heavy atom. The fourth-order valence-corrected chi connectivity index (χ4v) is 0.313. The van der Waals surface area contributed by atoms with Crippen LogP contribution in [0.15, 0.2) is 30.6 Å². The van der Waals surface area contributed by atoms with Crippen molar-refractivity contribution in [2.24, 2.45) is 0 Å². The molecule has 0 bridgehead atoms. The molecule has 0 saturated heterocycles. The van der Waals surface area contributed by atoms with Crippen molar-refractivity contribution in [1.82, 2.24) is 4.98 Å². The fraction of sp³-hybridized carbons (Fsp3) is 0. The smallest absolute Gasteiger partial charge is 0.759 e. The number of nitrogens with zero attached hydrogens (tertiary/aromatic N) is 1. The molecule has 0 fully saturated rings. The monoisotopic (exact) mass is 254 g/mol. The van der Waals surface area contributed by atoms with Gasteiger partial charge in [-0.05, 0) is 12.1 Å². The quantitative estimate of drug-likeness (QED) is 0.470. The lowest BCUT2D eigenvalue weighted by Crippen LogP contribution is -1.91. The minimum Gasteiger partial charge on any atom is -0.759 e. The highest BCUT2D eigenvalue weighted by molar-refractivity contribution is 7.79. The summed E-state index contributed by atoms with van der Waals surface area (Å²) in [4.78, 5) is 3.78. The second-order valence-corrected chi connectivity index (χ2v) is 2.25. The number of aromatic nitrogens is 1. The Morgan fingerprint density at radius 1 is 1.00 bits per heavy atom. The molecular weight excluding hydrogens is 250 g/mol. The van der Waals surface area contributed by atoms with Gasteiger partial charge in [-0.3, -0.25) is 13.4 Å². The highest BCUT2D eigenvalue weighted by Gasteiger charge is 2.00. The lowest BCUT2D eigenvalue weighted by Gasteiger charge is -2.06. The first-order chi connectivity index (χ1) is 5.00. The second-order valence-electron chi connectivity index (χ2n) is 1.43. The van der Waals surface area contributed by atoms with E-state index in [9.17, 15) is 0 Å². The van der Waals surface area contributed by atoms with Gasteiger partial charge in [0.15, 0.2) is 0 Å². The average molecular weight is 255 g/mol. The van der Waals surface area contributed by atoms with E-state index in [-0.39, 0.29) is 17.0 Å². The van der Waals surface area contributed by atoms with Gasteiger partial charge in [0, 0.05) is 22.8 Å². The number of pyridine rings is 1. The standard InChI is InChI=1S/C5H5N.Br.H2O4S/c1-2-4-6-5-3-1;;1-5(2,3)4/h1-5H;;(H2,1,2,3,4)/q;+2;/p-2. The molecule has 3 radical (unpaired) electrons. The summed E-state index contributed by atoms with van der Waals surface area (Å²) < 4.78 is 34.1. The summed E-state index contributed by atoms with van der Waals surface area (Å²) in [5.41, 5.74) is 0. The molecule has 0 aliphatic rings. The molecule has 0 spiro atoms. The molecule has 5 nitrogen and oxygen atoms in total.